The summed E-state index contributed by atoms with van der Waals surface area (Å²) in [5, 5.41) is 5.89. The Hall–Kier alpha value is -1.52. The Morgan fingerprint density at radius 1 is 1.26 bits per heavy atom. The minimum Gasteiger partial charge on any atom is -0.379 e. The second-order valence-electron chi connectivity index (χ2n) is 6.81. The molecule has 0 aliphatic carbocycles. The molecule has 2 fully saturated rings. The number of amides is 1. The molecule has 3 rings (SSSR count). The molecule has 2 heterocycles. The summed E-state index contributed by atoms with van der Waals surface area (Å²) < 4.78 is 37.7. The van der Waals surface area contributed by atoms with E-state index >= 15 is 0 Å². The first-order chi connectivity index (χ1) is 13.0. The predicted molar refractivity (Wildman–Crippen MR) is 101 cm³/mol. The van der Waals surface area contributed by atoms with Crippen molar-refractivity contribution >= 4 is 21.6 Å². The molecule has 9 heteroatoms. The molecule has 0 spiro atoms. The standard InChI is InChI=1S/C18H27N3O5S/c1-14-4-5-16(27(23,24)21-6-9-25-10-7-21)11-17(14)20-18(22)13-19-12-15-3-2-8-26-15/h4-5,11,15,19H,2-3,6-10,12-13H2,1H3,(H,20,22)/t15-/m0/s1. The molecule has 1 amide bonds. The number of hydrogen-bond acceptors (Lipinski definition) is 6. The van der Waals surface area contributed by atoms with Crippen LogP contribution < -0.4 is 10.6 Å². The van der Waals surface area contributed by atoms with Gasteiger partial charge in [-0.25, -0.2) is 8.42 Å². The number of nitrogens with one attached hydrogen (secondary N) is 2. The topological polar surface area (TPSA) is 97.0 Å². The van der Waals surface area contributed by atoms with E-state index < -0.39 is 10.0 Å². The number of carbonyl (C=O) groups excluding carboxylic acids is 1. The van der Waals surface area contributed by atoms with Crippen molar-refractivity contribution in [3.8, 4) is 0 Å². The van der Waals surface area contributed by atoms with Crippen molar-refractivity contribution in [1.29, 1.82) is 0 Å². The van der Waals surface area contributed by atoms with Gasteiger partial charge >= 0.3 is 0 Å². The molecule has 2 aliphatic rings. The highest BCUT2D eigenvalue weighted by Crippen LogP contribution is 2.23. The van der Waals surface area contributed by atoms with Crippen molar-refractivity contribution in [3.63, 3.8) is 0 Å². The van der Waals surface area contributed by atoms with Crippen LogP contribution in [0.3, 0.4) is 0 Å². The smallest absolute Gasteiger partial charge is 0.243 e. The van der Waals surface area contributed by atoms with Gasteiger partial charge < -0.3 is 20.1 Å². The van der Waals surface area contributed by atoms with Gasteiger partial charge in [-0.1, -0.05) is 6.07 Å². The van der Waals surface area contributed by atoms with Crippen molar-refractivity contribution in [1.82, 2.24) is 9.62 Å². The monoisotopic (exact) mass is 397 g/mol. The Kier molecular flexibility index (Phi) is 6.83. The first-order valence-electron chi connectivity index (χ1n) is 9.27. The van der Waals surface area contributed by atoms with Crippen LogP contribution in [-0.2, 0) is 24.3 Å². The number of aryl methyl sites for hydroxylation is 1. The molecule has 1 aromatic carbocycles. The van der Waals surface area contributed by atoms with E-state index in [1.807, 2.05) is 6.92 Å². The lowest BCUT2D eigenvalue weighted by Gasteiger charge is -2.26. The van der Waals surface area contributed by atoms with E-state index in [9.17, 15) is 13.2 Å². The third kappa shape index (κ3) is 5.26. The Morgan fingerprint density at radius 2 is 2.04 bits per heavy atom. The molecule has 2 saturated heterocycles. The summed E-state index contributed by atoms with van der Waals surface area (Å²) in [7, 11) is -3.60. The van der Waals surface area contributed by atoms with Crippen LogP contribution in [-0.4, -0.2) is 70.7 Å². The normalized spacial score (nSPS) is 21.3. The molecule has 150 valence electrons. The van der Waals surface area contributed by atoms with E-state index in [2.05, 4.69) is 10.6 Å². The van der Waals surface area contributed by atoms with Crippen molar-refractivity contribution in [3.05, 3.63) is 23.8 Å². The molecular weight excluding hydrogens is 370 g/mol. The number of hydrogen-bond donors (Lipinski definition) is 2. The van der Waals surface area contributed by atoms with Gasteiger partial charge in [-0.2, -0.15) is 4.31 Å². The van der Waals surface area contributed by atoms with Gasteiger partial charge in [-0.3, -0.25) is 4.79 Å². The van der Waals surface area contributed by atoms with Crippen LogP contribution in [0.1, 0.15) is 18.4 Å². The first-order valence-corrected chi connectivity index (χ1v) is 10.7. The van der Waals surface area contributed by atoms with E-state index in [1.54, 1.807) is 12.1 Å². The summed E-state index contributed by atoms with van der Waals surface area (Å²) >= 11 is 0. The first kappa shape index (κ1) is 20.2. The number of sulfonamides is 1. The highest BCUT2D eigenvalue weighted by atomic mass is 32.2. The summed E-state index contributed by atoms with van der Waals surface area (Å²) in [5.41, 5.74) is 1.32. The van der Waals surface area contributed by atoms with Crippen LogP contribution in [0.15, 0.2) is 23.1 Å². The SMILES string of the molecule is Cc1ccc(S(=O)(=O)N2CCOCC2)cc1NC(=O)CNC[C@@H]1CCCO1. The zero-order valence-electron chi connectivity index (χ0n) is 15.6. The Balaban J connectivity index is 1.61. The lowest BCUT2D eigenvalue weighted by molar-refractivity contribution is -0.115. The largest absolute Gasteiger partial charge is 0.379 e. The van der Waals surface area contributed by atoms with Gasteiger partial charge in [0.1, 0.15) is 0 Å². The van der Waals surface area contributed by atoms with Crippen molar-refractivity contribution in [2.45, 2.75) is 30.8 Å². The van der Waals surface area contributed by atoms with Gasteiger partial charge in [-0.05, 0) is 37.5 Å². The van der Waals surface area contributed by atoms with E-state index in [0.29, 0.717) is 38.5 Å². The molecule has 1 atom stereocenters. The number of rotatable bonds is 7. The van der Waals surface area contributed by atoms with Crippen LogP contribution in [0.4, 0.5) is 5.69 Å². The van der Waals surface area contributed by atoms with Crippen molar-refractivity contribution in [2.75, 3.05) is 51.3 Å². The van der Waals surface area contributed by atoms with Crippen molar-refractivity contribution in [2.24, 2.45) is 0 Å². The van der Waals surface area contributed by atoms with Crippen LogP contribution in [0.25, 0.3) is 0 Å². The highest BCUT2D eigenvalue weighted by molar-refractivity contribution is 7.89. The molecule has 0 radical (unpaired) electrons. The molecule has 27 heavy (non-hydrogen) atoms. The fourth-order valence-corrected chi connectivity index (χ4v) is 4.61. The van der Waals surface area contributed by atoms with Gasteiger partial charge in [0.05, 0.1) is 30.8 Å². The lowest BCUT2D eigenvalue weighted by Crippen LogP contribution is -2.40. The average Bonchev–Trinajstić information content (AvgIpc) is 3.17. The summed E-state index contributed by atoms with van der Waals surface area (Å²) in [4.78, 5) is 12.4. The van der Waals surface area contributed by atoms with Crippen LogP contribution >= 0.6 is 0 Å². The maximum atomic E-state index is 12.8. The molecular formula is C18H27N3O5S. The predicted octanol–water partition coefficient (Wildman–Crippen LogP) is 0.723. The fraction of sp³-hybridized carbons (Fsp3) is 0.611. The van der Waals surface area contributed by atoms with E-state index in [0.717, 1.165) is 25.0 Å². The summed E-state index contributed by atoms with van der Waals surface area (Å²) in [6.07, 6.45) is 2.23. The highest BCUT2D eigenvalue weighted by Gasteiger charge is 2.27. The minimum atomic E-state index is -3.60. The Bertz CT molecular complexity index is 756. The third-order valence-corrected chi connectivity index (χ3v) is 6.67. The van der Waals surface area contributed by atoms with Crippen LogP contribution in [0.2, 0.25) is 0 Å². The molecule has 1 aromatic rings. The average molecular weight is 397 g/mol. The molecule has 0 unspecified atom stereocenters. The molecule has 0 aromatic heterocycles. The minimum absolute atomic E-state index is 0.153. The quantitative estimate of drug-likeness (QED) is 0.704. The maximum Gasteiger partial charge on any atom is 0.243 e. The second-order valence-corrected chi connectivity index (χ2v) is 8.75. The van der Waals surface area contributed by atoms with Crippen molar-refractivity contribution < 1.29 is 22.7 Å². The van der Waals surface area contributed by atoms with Crippen LogP contribution in [0, 0.1) is 6.92 Å². The Labute approximate surface area is 160 Å². The second kappa shape index (κ2) is 9.11. The Morgan fingerprint density at radius 3 is 2.74 bits per heavy atom. The summed E-state index contributed by atoms with van der Waals surface area (Å²) in [6.45, 7) is 4.87. The van der Waals surface area contributed by atoms with Gasteiger partial charge in [0, 0.05) is 31.9 Å². The fourth-order valence-electron chi connectivity index (χ4n) is 3.18. The number of ether oxygens (including phenoxy) is 2. The zero-order valence-corrected chi connectivity index (χ0v) is 16.4. The molecule has 0 bridgehead atoms. The molecule has 2 N–H and O–H groups in total. The van der Waals surface area contributed by atoms with Gasteiger partial charge in [0.15, 0.2) is 0 Å². The third-order valence-electron chi connectivity index (χ3n) is 4.77. The van der Waals surface area contributed by atoms with Gasteiger partial charge in [-0.15, -0.1) is 0 Å². The summed E-state index contributed by atoms with van der Waals surface area (Å²) in [6, 6.07) is 4.81. The van der Waals surface area contributed by atoms with E-state index in [1.165, 1.54) is 10.4 Å². The maximum absolute atomic E-state index is 12.8. The molecule has 8 nitrogen and oxygen atoms in total. The van der Waals surface area contributed by atoms with E-state index in [-0.39, 0.29) is 23.5 Å². The molecule has 0 saturated carbocycles. The van der Waals surface area contributed by atoms with Gasteiger partial charge in [0.2, 0.25) is 15.9 Å². The number of carbonyl (C=O) groups is 1. The number of anilines is 1. The zero-order chi connectivity index (χ0) is 19.3. The number of benzene rings is 1. The molecule has 2 aliphatic heterocycles. The van der Waals surface area contributed by atoms with E-state index in [4.69, 9.17) is 9.47 Å². The lowest BCUT2D eigenvalue weighted by atomic mass is 10.2. The number of nitrogens with zero attached hydrogens (tertiary/aromatic N) is 1. The summed E-state index contributed by atoms with van der Waals surface area (Å²) in [5.74, 6) is -0.211. The van der Waals surface area contributed by atoms with Crippen LogP contribution in [0.5, 0.6) is 0 Å². The van der Waals surface area contributed by atoms with Gasteiger partial charge in [0.25, 0.3) is 0 Å². The number of morpholine rings is 1.